The number of benzene rings is 1. The van der Waals surface area contributed by atoms with E-state index in [1.165, 1.54) is 4.47 Å². The van der Waals surface area contributed by atoms with E-state index in [0.29, 0.717) is 13.0 Å². The van der Waals surface area contributed by atoms with Gasteiger partial charge in [0.2, 0.25) is 0 Å². The second kappa shape index (κ2) is 7.42. The van der Waals surface area contributed by atoms with Crippen LogP contribution in [0.25, 0.3) is 0 Å². The molecule has 1 aliphatic carbocycles. The molecule has 0 aliphatic heterocycles. The van der Waals surface area contributed by atoms with Crippen molar-refractivity contribution in [1.82, 2.24) is 19.2 Å². The van der Waals surface area contributed by atoms with Gasteiger partial charge in [-0.25, -0.2) is 8.42 Å². The first kappa shape index (κ1) is 17.1. The van der Waals surface area contributed by atoms with Crippen LogP contribution in [0, 0.1) is 0 Å². The summed E-state index contributed by atoms with van der Waals surface area (Å²) in [5.41, 5.74) is 0. The minimum Gasteiger partial charge on any atom is -0.317 e. The molecule has 1 saturated carbocycles. The highest BCUT2D eigenvalue weighted by Gasteiger charge is 2.36. The molecule has 0 amide bonds. The Bertz CT molecular complexity index is 734. The highest BCUT2D eigenvalue weighted by atomic mass is 32.2. The molecular formula is C16H22N4O3S. The number of hydrogen-bond donors (Lipinski definition) is 0. The Kier molecular flexibility index (Phi) is 5.27. The van der Waals surface area contributed by atoms with Gasteiger partial charge in [0.25, 0.3) is 10.0 Å². The number of sulfonamides is 1. The van der Waals surface area contributed by atoms with Gasteiger partial charge in [-0.15, -0.1) is 10.2 Å². The Morgan fingerprint density at radius 1 is 1.21 bits per heavy atom. The lowest BCUT2D eigenvalue weighted by Crippen LogP contribution is -2.43. The summed E-state index contributed by atoms with van der Waals surface area (Å²) in [5, 5.41) is 7.70. The summed E-state index contributed by atoms with van der Waals surface area (Å²) < 4.78 is 29.1. The summed E-state index contributed by atoms with van der Waals surface area (Å²) in [6.45, 7) is 2.10. The summed E-state index contributed by atoms with van der Waals surface area (Å²) in [4.78, 5) is 5.83. The maximum atomic E-state index is 13.0. The molecule has 1 fully saturated rings. The quantitative estimate of drug-likeness (QED) is 0.748. The number of nitrogens with zero attached hydrogens (tertiary/aromatic N) is 4. The van der Waals surface area contributed by atoms with Crippen LogP contribution in [-0.4, -0.2) is 40.3 Å². The van der Waals surface area contributed by atoms with E-state index in [0.717, 1.165) is 19.3 Å². The van der Waals surface area contributed by atoms with Crippen molar-refractivity contribution < 1.29 is 13.3 Å². The molecule has 7 nitrogen and oxygen atoms in total. The van der Waals surface area contributed by atoms with Crippen molar-refractivity contribution in [1.29, 1.82) is 0 Å². The summed E-state index contributed by atoms with van der Waals surface area (Å²) in [6, 6.07) is 8.43. The van der Waals surface area contributed by atoms with E-state index < -0.39 is 10.0 Å². The van der Waals surface area contributed by atoms with Gasteiger partial charge in [-0.1, -0.05) is 22.7 Å². The Morgan fingerprint density at radius 2 is 1.92 bits per heavy atom. The number of hydrogen-bond acceptors (Lipinski definition) is 5. The number of hydroxylamine groups is 1. The number of rotatable bonds is 6. The van der Waals surface area contributed by atoms with E-state index in [2.05, 4.69) is 10.2 Å². The van der Waals surface area contributed by atoms with Gasteiger partial charge in [0.1, 0.15) is 12.7 Å². The van der Waals surface area contributed by atoms with E-state index in [-0.39, 0.29) is 17.0 Å². The van der Waals surface area contributed by atoms with Crippen molar-refractivity contribution in [3.8, 4) is 0 Å². The van der Waals surface area contributed by atoms with Gasteiger partial charge in [0.05, 0.1) is 17.5 Å². The normalized spacial score (nSPS) is 21.9. The van der Waals surface area contributed by atoms with Gasteiger partial charge < -0.3 is 4.57 Å². The zero-order valence-electron chi connectivity index (χ0n) is 13.7. The molecule has 24 heavy (non-hydrogen) atoms. The molecule has 2 aromatic rings. The largest absolute Gasteiger partial charge is 0.317 e. The molecule has 1 aliphatic rings. The standard InChI is InChI=1S/C16H22N4O3S/c1-2-23-20(24(21,22)16-9-4-3-5-10-16)15-8-6-7-14(11-15)19-12-17-18-13-19/h3-5,9-10,12-15H,2,6-8,11H2,1H3/t14?,15-/m1/s1. The van der Waals surface area contributed by atoms with Crippen LogP contribution in [0.1, 0.15) is 38.6 Å². The summed E-state index contributed by atoms with van der Waals surface area (Å²) >= 11 is 0. The van der Waals surface area contributed by atoms with Crippen LogP contribution >= 0.6 is 0 Å². The fourth-order valence-corrected chi connectivity index (χ4v) is 4.73. The Labute approximate surface area is 142 Å². The molecular weight excluding hydrogens is 328 g/mol. The Balaban J connectivity index is 1.85. The second-order valence-corrected chi connectivity index (χ2v) is 7.66. The average molecular weight is 350 g/mol. The molecule has 0 saturated heterocycles. The van der Waals surface area contributed by atoms with Gasteiger partial charge in [0.15, 0.2) is 0 Å². The van der Waals surface area contributed by atoms with Crippen molar-refractivity contribution >= 4 is 10.0 Å². The SMILES string of the molecule is CCON([C@@H]1CCCC(n2cnnc2)C1)S(=O)(=O)c1ccccc1. The first-order valence-electron chi connectivity index (χ1n) is 8.19. The molecule has 1 heterocycles. The molecule has 1 aromatic heterocycles. The van der Waals surface area contributed by atoms with Gasteiger partial charge in [0, 0.05) is 6.04 Å². The van der Waals surface area contributed by atoms with Crippen LogP contribution in [-0.2, 0) is 14.9 Å². The van der Waals surface area contributed by atoms with E-state index in [1.54, 1.807) is 49.9 Å². The molecule has 0 spiro atoms. The molecule has 1 aromatic carbocycles. The zero-order chi connectivity index (χ0) is 17.0. The van der Waals surface area contributed by atoms with Crippen molar-refractivity contribution in [3.63, 3.8) is 0 Å². The van der Waals surface area contributed by atoms with Gasteiger partial charge in [-0.3, -0.25) is 4.84 Å². The highest BCUT2D eigenvalue weighted by Crippen LogP contribution is 2.33. The van der Waals surface area contributed by atoms with Gasteiger partial charge in [-0.05, 0) is 44.7 Å². The molecule has 0 radical (unpaired) electrons. The lowest BCUT2D eigenvalue weighted by atomic mass is 9.91. The zero-order valence-corrected chi connectivity index (χ0v) is 14.5. The van der Waals surface area contributed by atoms with Crippen LogP contribution < -0.4 is 0 Å². The summed E-state index contributed by atoms with van der Waals surface area (Å²) in [5.74, 6) is 0. The number of aromatic nitrogens is 3. The molecule has 0 bridgehead atoms. The molecule has 130 valence electrons. The summed E-state index contributed by atoms with van der Waals surface area (Å²) in [6.07, 6.45) is 6.75. The maximum Gasteiger partial charge on any atom is 0.265 e. The average Bonchev–Trinajstić information content (AvgIpc) is 3.15. The van der Waals surface area contributed by atoms with Crippen molar-refractivity contribution in [3.05, 3.63) is 43.0 Å². The Morgan fingerprint density at radius 3 is 2.58 bits per heavy atom. The molecule has 2 atom stereocenters. The smallest absolute Gasteiger partial charge is 0.265 e. The third kappa shape index (κ3) is 3.50. The third-order valence-corrected chi connectivity index (χ3v) is 6.05. The van der Waals surface area contributed by atoms with E-state index in [4.69, 9.17) is 4.84 Å². The molecule has 0 N–H and O–H groups in total. The van der Waals surface area contributed by atoms with Crippen LogP contribution in [0.5, 0.6) is 0 Å². The van der Waals surface area contributed by atoms with Crippen molar-refractivity contribution in [2.24, 2.45) is 0 Å². The predicted molar refractivity (Wildman–Crippen MR) is 88.4 cm³/mol. The topological polar surface area (TPSA) is 77.3 Å². The van der Waals surface area contributed by atoms with E-state index in [9.17, 15) is 8.42 Å². The second-order valence-electron chi connectivity index (χ2n) is 5.87. The predicted octanol–water partition coefficient (Wildman–Crippen LogP) is 2.40. The Hall–Kier alpha value is -1.77. The van der Waals surface area contributed by atoms with E-state index >= 15 is 0 Å². The molecule has 3 rings (SSSR count). The van der Waals surface area contributed by atoms with Crippen LogP contribution in [0.3, 0.4) is 0 Å². The highest BCUT2D eigenvalue weighted by molar-refractivity contribution is 7.89. The van der Waals surface area contributed by atoms with Crippen LogP contribution in [0.15, 0.2) is 47.9 Å². The van der Waals surface area contributed by atoms with Crippen LogP contribution in [0.2, 0.25) is 0 Å². The first-order chi connectivity index (χ1) is 11.6. The van der Waals surface area contributed by atoms with Crippen LogP contribution in [0.4, 0.5) is 0 Å². The first-order valence-corrected chi connectivity index (χ1v) is 9.63. The van der Waals surface area contributed by atoms with Crippen molar-refractivity contribution in [2.45, 2.75) is 49.6 Å². The van der Waals surface area contributed by atoms with Crippen molar-refractivity contribution in [2.75, 3.05) is 6.61 Å². The minimum absolute atomic E-state index is 0.188. The monoisotopic (exact) mass is 350 g/mol. The fourth-order valence-electron chi connectivity index (χ4n) is 3.19. The molecule has 1 unspecified atom stereocenters. The van der Waals surface area contributed by atoms with E-state index in [1.807, 2.05) is 4.57 Å². The maximum absolute atomic E-state index is 13.0. The lowest BCUT2D eigenvalue weighted by Gasteiger charge is -2.35. The lowest BCUT2D eigenvalue weighted by molar-refractivity contribution is -0.117. The summed E-state index contributed by atoms with van der Waals surface area (Å²) in [7, 11) is -3.68. The third-order valence-electron chi connectivity index (χ3n) is 4.31. The van der Waals surface area contributed by atoms with Gasteiger partial charge >= 0.3 is 0 Å². The fraction of sp³-hybridized carbons (Fsp3) is 0.500. The molecule has 8 heteroatoms. The van der Waals surface area contributed by atoms with Gasteiger partial charge in [-0.2, -0.15) is 0 Å². The minimum atomic E-state index is -3.68.